The molecule has 1 heterocycles. The van der Waals surface area contributed by atoms with Gasteiger partial charge in [0, 0.05) is 20.2 Å². The fourth-order valence-electron chi connectivity index (χ4n) is 1.05. The first-order chi connectivity index (χ1) is 7.50. The Morgan fingerprint density at radius 1 is 1.50 bits per heavy atom. The lowest BCUT2D eigenvalue weighted by atomic mass is 10.2. The van der Waals surface area contributed by atoms with Crippen molar-refractivity contribution in [1.29, 1.82) is 0 Å². The first-order valence-electron chi connectivity index (χ1n) is 4.47. The van der Waals surface area contributed by atoms with E-state index in [4.69, 9.17) is 5.11 Å². The quantitative estimate of drug-likeness (QED) is 0.609. The Balaban J connectivity index is 2.85. The third kappa shape index (κ3) is 3.48. The Bertz CT molecular complexity index is 423. The zero-order valence-electron chi connectivity index (χ0n) is 8.93. The van der Waals surface area contributed by atoms with Gasteiger partial charge in [-0.1, -0.05) is 0 Å². The van der Waals surface area contributed by atoms with E-state index in [9.17, 15) is 9.59 Å². The number of carboxylic acids is 1. The van der Waals surface area contributed by atoms with E-state index in [2.05, 4.69) is 5.43 Å². The van der Waals surface area contributed by atoms with Crippen molar-refractivity contribution in [2.45, 2.75) is 0 Å². The van der Waals surface area contributed by atoms with E-state index in [1.807, 2.05) is 0 Å². The lowest BCUT2D eigenvalue weighted by Crippen LogP contribution is -2.35. The highest BCUT2D eigenvalue weighted by Crippen LogP contribution is 2.18. The number of nitrogens with one attached hydrogen (secondary N) is 1. The van der Waals surface area contributed by atoms with Gasteiger partial charge in [0.15, 0.2) is 0 Å². The average Bonchev–Trinajstić information content (AvgIpc) is 2.61. The van der Waals surface area contributed by atoms with Gasteiger partial charge in [0.25, 0.3) is 5.91 Å². The van der Waals surface area contributed by atoms with Gasteiger partial charge >= 0.3 is 5.97 Å². The topological polar surface area (TPSA) is 69.6 Å². The molecule has 0 aromatic carbocycles. The van der Waals surface area contributed by atoms with E-state index in [-0.39, 0.29) is 5.91 Å². The number of aliphatic carboxylic acids is 1. The van der Waals surface area contributed by atoms with Gasteiger partial charge in [-0.25, -0.2) is 9.80 Å². The zero-order chi connectivity index (χ0) is 12.1. The van der Waals surface area contributed by atoms with Crippen LogP contribution in [0.25, 0.3) is 6.08 Å². The minimum Gasteiger partial charge on any atom is -0.478 e. The highest BCUT2D eigenvalue weighted by molar-refractivity contribution is 7.12. The zero-order valence-corrected chi connectivity index (χ0v) is 9.75. The maximum absolute atomic E-state index is 11.7. The maximum Gasteiger partial charge on any atom is 0.328 e. The summed E-state index contributed by atoms with van der Waals surface area (Å²) < 4.78 is 0. The van der Waals surface area contributed by atoms with Gasteiger partial charge in [-0.2, -0.15) is 0 Å². The predicted molar refractivity (Wildman–Crippen MR) is 62.1 cm³/mol. The molecular formula is C10H12N2O3S. The third-order valence-corrected chi connectivity index (χ3v) is 2.56. The second-order valence-electron chi connectivity index (χ2n) is 3.21. The van der Waals surface area contributed by atoms with Gasteiger partial charge in [0.2, 0.25) is 0 Å². The number of thiophene rings is 1. The molecule has 0 spiro atoms. The van der Waals surface area contributed by atoms with Gasteiger partial charge in [-0.05, 0) is 23.1 Å². The molecular weight excluding hydrogens is 228 g/mol. The number of carbonyl (C=O) groups excluding carboxylic acids is 1. The number of rotatable bonds is 4. The lowest BCUT2D eigenvalue weighted by Gasteiger charge is -2.10. The monoisotopic (exact) mass is 240 g/mol. The Morgan fingerprint density at radius 2 is 2.19 bits per heavy atom. The number of amides is 1. The largest absolute Gasteiger partial charge is 0.478 e. The number of hydrogen-bond donors (Lipinski definition) is 2. The first kappa shape index (κ1) is 12.4. The van der Waals surface area contributed by atoms with Crippen LogP contribution in [0.3, 0.4) is 0 Å². The summed E-state index contributed by atoms with van der Waals surface area (Å²) in [7, 11) is 3.41. The van der Waals surface area contributed by atoms with E-state index in [0.29, 0.717) is 10.4 Å². The summed E-state index contributed by atoms with van der Waals surface area (Å²) in [6, 6.07) is 1.70. The molecule has 0 saturated heterocycles. The molecule has 6 heteroatoms. The SMILES string of the molecule is CN(C)NC(=O)c1sccc1/C=C/C(=O)O. The van der Waals surface area contributed by atoms with Crippen LogP contribution in [-0.4, -0.2) is 36.1 Å². The van der Waals surface area contributed by atoms with Crippen molar-refractivity contribution in [3.05, 3.63) is 28.0 Å². The molecule has 5 nitrogen and oxygen atoms in total. The Labute approximate surface area is 97.0 Å². The number of nitrogens with zero attached hydrogens (tertiary/aromatic N) is 1. The van der Waals surface area contributed by atoms with Gasteiger partial charge in [0.1, 0.15) is 4.88 Å². The number of hydrazine groups is 1. The molecule has 16 heavy (non-hydrogen) atoms. The van der Waals surface area contributed by atoms with E-state index in [1.165, 1.54) is 22.4 Å². The van der Waals surface area contributed by atoms with Gasteiger partial charge in [-0.3, -0.25) is 10.2 Å². The predicted octanol–water partition coefficient (Wildman–Crippen LogP) is 1.05. The molecule has 1 amide bonds. The lowest BCUT2D eigenvalue weighted by molar-refractivity contribution is -0.131. The van der Waals surface area contributed by atoms with Crippen molar-refractivity contribution in [3.63, 3.8) is 0 Å². The van der Waals surface area contributed by atoms with Crippen LogP contribution in [-0.2, 0) is 4.79 Å². The van der Waals surface area contributed by atoms with Crippen molar-refractivity contribution in [2.24, 2.45) is 0 Å². The molecule has 1 aromatic rings. The summed E-state index contributed by atoms with van der Waals surface area (Å²) >= 11 is 1.27. The standard InChI is InChI=1S/C10H12N2O3S/c1-12(2)11-10(15)9-7(5-6-16-9)3-4-8(13)14/h3-6H,1-2H3,(H,11,15)(H,13,14)/b4-3+. The van der Waals surface area contributed by atoms with Gasteiger partial charge < -0.3 is 5.11 Å². The maximum atomic E-state index is 11.7. The fraction of sp³-hybridized carbons (Fsp3) is 0.200. The molecule has 0 fully saturated rings. The molecule has 0 saturated carbocycles. The third-order valence-electron chi connectivity index (χ3n) is 1.63. The van der Waals surface area contributed by atoms with Crippen molar-refractivity contribution in [2.75, 3.05) is 14.1 Å². The highest BCUT2D eigenvalue weighted by Gasteiger charge is 2.11. The van der Waals surface area contributed by atoms with Gasteiger partial charge in [0.05, 0.1) is 0 Å². The minimum absolute atomic E-state index is 0.245. The number of carboxylic acid groups (broad SMARTS) is 1. The Hall–Kier alpha value is -1.66. The summed E-state index contributed by atoms with van der Waals surface area (Å²) in [5.74, 6) is -1.28. The summed E-state index contributed by atoms with van der Waals surface area (Å²) in [5.41, 5.74) is 3.20. The molecule has 86 valence electrons. The van der Waals surface area contributed by atoms with Crippen LogP contribution in [0.2, 0.25) is 0 Å². The van der Waals surface area contributed by atoms with E-state index in [1.54, 1.807) is 25.5 Å². The Morgan fingerprint density at radius 3 is 2.75 bits per heavy atom. The highest BCUT2D eigenvalue weighted by atomic mass is 32.1. The normalized spacial score (nSPS) is 10.9. The summed E-state index contributed by atoms with van der Waals surface area (Å²) in [5, 5.41) is 11.8. The van der Waals surface area contributed by atoms with Crippen molar-refractivity contribution in [1.82, 2.24) is 10.4 Å². The van der Waals surface area contributed by atoms with E-state index < -0.39 is 5.97 Å². The second kappa shape index (κ2) is 5.43. The van der Waals surface area contributed by atoms with Crippen LogP contribution in [0.1, 0.15) is 15.2 Å². The van der Waals surface area contributed by atoms with Crippen LogP contribution in [0.4, 0.5) is 0 Å². The smallest absolute Gasteiger partial charge is 0.328 e. The molecule has 0 unspecified atom stereocenters. The van der Waals surface area contributed by atoms with Gasteiger partial charge in [-0.15, -0.1) is 11.3 Å². The molecule has 0 aliphatic rings. The average molecular weight is 240 g/mol. The van der Waals surface area contributed by atoms with Crippen molar-refractivity contribution >= 4 is 29.3 Å². The molecule has 0 radical (unpaired) electrons. The van der Waals surface area contributed by atoms with Crippen LogP contribution < -0.4 is 5.43 Å². The molecule has 0 atom stereocenters. The van der Waals surface area contributed by atoms with Crippen LogP contribution in [0.5, 0.6) is 0 Å². The fourth-order valence-corrected chi connectivity index (χ4v) is 1.83. The molecule has 0 bridgehead atoms. The van der Waals surface area contributed by atoms with Crippen LogP contribution in [0.15, 0.2) is 17.5 Å². The summed E-state index contributed by atoms with van der Waals surface area (Å²) in [6.45, 7) is 0. The number of carbonyl (C=O) groups is 2. The molecule has 0 aliphatic carbocycles. The van der Waals surface area contributed by atoms with E-state index in [0.717, 1.165) is 6.08 Å². The summed E-state index contributed by atoms with van der Waals surface area (Å²) in [4.78, 5) is 22.5. The van der Waals surface area contributed by atoms with Crippen LogP contribution in [0, 0.1) is 0 Å². The Kier molecular flexibility index (Phi) is 4.21. The summed E-state index contributed by atoms with van der Waals surface area (Å²) in [6.07, 6.45) is 2.41. The molecule has 1 aromatic heterocycles. The first-order valence-corrected chi connectivity index (χ1v) is 5.35. The minimum atomic E-state index is -1.04. The second-order valence-corrected chi connectivity index (χ2v) is 4.13. The van der Waals surface area contributed by atoms with Crippen LogP contribution >= 0.6 is 11.3 Å². The molecule has 0 aliphatic heterocycles. The van der Waals surface area contributed by atoms with Crippen molar-refractivity contribution in [3.8, 4) is 0 Å². The van der Waals surface area contributed by atoms with E-state index >= 15 is 0 Å². The number of hydrogen-bond acceptors (Lipinski definition) is 4. The molecule has 1 rings (SSSR count). The molecule has 2 N–H and O–H groups in total. The van der Waals surface area contributed by atoms with Crippen molar-refractivity contribution < 1.29 is 14.7 Å².